The molecule has 156 valence electrons. The topological polar surface area (TPSA) is 153 Å². The number of carbonyl (C=O) groups is 2. The molecule has 0 saturated heterocycles. The summed E-state index contributed by atoms with van der Waals surface area (Å²) in [4.78, 5) is 22.0. The number of hydrogen-bond donors (Lipinski definition) is 6. The molecule has 8 heteroatoms. The van der Waals surface area contributed by atoms with Gasteiger partial charge in [-0.15, -0.1) is 0 Å². The summed E-state index contributed by atoms with van der Waals surface area (Å²) in [5.41, 5.74) is 4.50. The van der Waals surface area contributed by atoms with Gasteiger partial charge in [0, 0.05) is 20.0 Å². The normalized spacial score (nSPS) is 10.6. The van der Waals surface area contributed by atoms with Crippen molar-refractivity contribution >= 4 is 11.7 Å². The van der Waals surface area contributed by atoms with E-state index in [2.05, 4.69) is 11.1 Å². The van der Waals surface area contributed by atoms with E-state index in [9.17, 15) is 9.59 Å². The lowest BCUT2D eigenvalue weighted by atomic mass is 10.1. The van der Waals surface area contributed by atoms with E-state index >= 15 is 0 Å². The van der Waals surface area contributed by atoms with Crippen LogP contribution >= 0.6 is 0 Å². The molecule has 0 spiro atoms. The third kappa shape index (κ3) is 35.1. The van der Waals surface area contributed by atoms with Crippen LogP contribution in [0.25, 0.3) is 0 Å². The van der Waals surface area contributed by atoms with Crippen LogP contribution in [-0.4, -0.2) is 71.6 Å². The van der Waals surface area contributed by atoms with Crippen molar-refractivity contribution in [1.29, 1.82) is 0 Å². The van der Waals surface area contributed by atoms with Crippen LogP contribution in [0.3, 0.4) is 0 Å². The van der Waals surface area contributed by atoms with Crippen molar-refractivity contribution in [2.24, 2.45) is 5.73 Å². The van der Waals surface area contributed by atoms with Crippen molar-refractivity contribution in [2.75, 3.05) is 27.4 Å². The molecule has 0 aliphatic carbocycles. The second-order valence-corrected chi connectivity index (χ2v) is 4.07. The third-order valence-corrected chi connectivity index (χ3v) is 2.29. The van der Waals surface area contributed by atoms with Crippen LogP contribution in [0.4, 0.5) is 0 Å². The first-order valence-corrected chi connectivity index (χ1v) is 8.70. The van der Waals surface area contributed by atoms with Gasteiger partial charge in [0.25, 0.3) is 0 Å². The van der Waals surface area contributed by atoms with Crippen LogP contribution in [0, 0.1) is 0 Å². The van der Waals surface area contributed by atoms with E-state index in [-0.39, 0.29) is 31.1 Å². The first kappa shape index (κ1) is 35.1. The Kier molecular flexibility index (Phi) is 48.2. The molecule has 1 amide bonds. The lowest BCUT2D eigenvalue weighted by Gasteiger charge is -2.18. The van der Waals surface area contributed by atoms with Gasteiger partial charge in [-0.25, -0.2) is 0 Å². The molecule has 0 heterocycles. The zero-order valence-electron chi connectivity index (χ0n) is 17.1. The van der Waals surface area contributed by atoms with E-state index in [0.717, 1.165) is 7.11 Å². The quantitative estimate of drug-likeness (QED) is 0.339. The number of ketones is 1. The Morgan fingerprint density at radius 3 is 1.72 bits per heavy atom. The smallest absolute Gasteiger partial charge is 0.220 e. The Bertz CT molecular complexity index is 253. The van der Waals surface area contributed by atoms with Gasteiger partial charge in [0.1, 0.15) is 5.78 Å². The minimum atomic E-state index is -0.954. The van der Waals surface area contributed by atoms with Crippen molar-refractivity contribution in [1.82, 2.24) is 5.32 Å². The minimum absolute atomic E-state index is 0.0345. The Morgan fingerprint density at radius 2 is 1.40 bits per heavy atom. The predicted octanol–water partition coefficient (Wildman–Crippen LogP) is 0.202. The second-order valence-electron chi connectivity index (χ2n) is 4.07. The highest BCUT2D eigenvalue weighted by Crippen LogP contribution is 2.01. The molecule has 0 aromatic rings. The fourth-order valence-electron chi connectivity index (χ4n) is 1.38. The van der Waals surface area contributed by atoms with Gasteiger partial charge in [-0.05, 0) is 26.8 Å². The summed E-state index contributed by atoms with van der Waals surface area (Å²) < 4.78 is 0. The molecule has 0 rings (SSSR count). The van der Waals surface area contributed by atoms with Gasteiger partial charge < -0.3 is 36.3 Å². The number of Topliss-reactive ketones (excluding diaryl/α,β-unsaturated/α-hetero) is 1. The zero-order valence-corrected chi connectivity index (χ0v) is 17.1. The third-order valence-electron chi connectivity index (χ3n) is 2.29. The number of carbonyl (C=O) groups excluding carboxylic acids is 2. The molecule has 2 atom stereocenters. The van der Waals surface area contributed by atoms with Crippen LogP contribution in [0.5, 0.6) is 0 Å². The molecular weight excluding hydrogens is 328 g/mol. The maximum absolute atomic E-state index is 11.4. The van der Waals surface area contributed by atoms with Crippen LogP contribution in [0.15, 0.2) is 0 Å². The van der Waals surface area contributed by atoms with Crippen molar-refractivity contribution in [3.8, 4) is 0 Å². The van der Waals surface area contributed by atoms with E-state index in [1.165, 1.54) is 14.0 Å². The van der Waals surface area contributed by atoms with Crippen LogP contribution in [-0.2, 0) is 9.59 Å². The number of amides is 1. The van der Waals surface area contributed by atoms with Crippen molar-refractivity contribution < 1.29 is 30.0 Å². The molecule has 7 N–H and O–H groups in total. The van der Waals surface area contributed by atoms with Gasteiger partial charge in [0.2, 0.25) is 5.91 Å². The number of nitrogens with two attached hydrogens (primary N) is 1. The van der Waals surface area contributed by atoms with Gasteiger partial charge in [-0.3, -0.25) is 4.79 Å². The number of hydrogen-bond acceptors (Lipinski definition) is 7. The zero-order chi connectivity index (χ0) is 21.3. The summed E-state index contributed by atoms with van der Waals surface area (Å²) >= 11 is 0. The van der Waals surface area contributed by atoms with Gasteiger partial charge in [-0.2, -0.15) is 0 Å². The van der Waals surface area contributed by atoms with Gasteiger partial charge in [0.05, 0.1) is 25.4 Å². The predicted molar refractivity (Wildman–Crippen MR) is 102 cm³/mol. The first-order chi connectivity index (χ1) is 12.0. The van der Waals surface area contributed by atoms with E-state index in [0.29, 0.717) is 12.8 Å². The average Bonchev–Trinajstić information content (AvgIpc) is 2.67. The Hall–Kier alpha value is -1.06. The van der Waals surface area contributed by atoms with Crippen LogP contribution < -0.4 is 11.1 Å². The van der Waals surface area contributed by atoms with E-state index in [4.69, 9.17) is 20.4 Å². The fraction of sp³-hybridized carbons (Fsp3) is 0.882. The molecule has 8 nitrogen and oxygen atoms in total. The maximum atomic E-state index is 11.4. The van der Waals surface area contributed by atoms with E-state index in [1.54, 1.807) is 0 Å². The molecular formula is C17H42N2O6. The maximum Gasteiger partial charge on any atom is 0.220 e. The van der Waals surface area contributed by atoms with Gasteiger partial charge >= 0.3 is 0 Å². The first-order valence-electron chi connectivity index (χ1n) is 8.70. The molecule has 0 aromatic heterocycles. The monoisotopic (exact) mass is 370 g/mol. The molecule has 0 fully saturated rings. The van der Waals surface area contributed by atoms with Crippen LogP contribution in [0.2, 0.25) is 0 Å². The molecule has 0 bridgehead atoms. The molecule has 2 unspecified atom stereocenters. The molecule has 0 aliphatic rings. The van der Waals surface area contributed by atoms with Gasteiger partial charge in [-0.1, -0.05) is 27.7 Å². The average molecular weight is 371 g/mol. The number of aliphatic hydroxyl groups excluding tert-OH is 4. The largest absolute Gasteiger partial charge is 0.400 e. The highest BCUT2D eigenvalue weighted by Gasteiger charge is 2.15. The highest BCUT2D eigenvalue weighted by atomic mass is 16.3. The number of aliphatic hydroxyl groups is 4. The fourth-order valence-corrected chi connectivity index (χ4v) is 1.38. The summed E-state index contributed by atoms with van der Waals surface area (Å²) in [5, 5.41) is 36.3. The minimum Gasteiger partial charge on any atom is -0.400 e. The number of rotatable bonds is 9. The summed E-state index contributed by atoms with van der Waals surface area (Å²) in [5.74, 6) is -0.234. The Morgan fingerprint density at radius 1 is 0.960 bits per heavy atom. The number of nitrogens with one attached hydrogen (secondary N) is 1. The van der Waals surface area contributed by atoms with Crippen molar-refractivity contribution in [2.45, 2.75) is 72.4 Å². The highest BCUT2D eigenvalue weighted by molar-refractivity contribution is 5.78. The second kappa shape index (κ2) is 34.3. The van der Waals surface area contributed by atoms with E-state index in [1.807, 2.05) is 27.7 Å². The lowest BCUT2D eigenvalue weighted by Crippen LogP contribution is -2.40. The molecule has 0 aromatic carbocycles. The molecule has 0 saturated carbocycles. The Balaban J connectivity index is -0.000000145. The molecule has 25 heavy (non-hydrogen) atoms. The molecule has 0 radical (unpaired) electrons. The van der Waals surface area contributed by atoms with Crippen molar-refractivity contribution in [3.05, 3.63) is 0 Å². The summed E-state index contributed by atoms with van der Waals surface area (Å²) in [6.45, 7) is 8.76. The summed E-state index contributed by atoms with van der Waals surface area (Å²) in [7, 11) is 2.50. The SMILES string of the molecule is CC.CC.CC(=O)CCCC(=O)NC(CO)CC(O)CO.CN.CO. The van der Waals surface area contributed by atoms with Gasteiger partial charge in [0.15, 0.2) is 0 Å². The molecule has 0 aliphatic heterocycles. The lowest BCUT2D eigenvalue weighted by molar-refractivity contribution is -0.122. The van der Waals surface area contributed by atoms with Crippen molar-refractivity contribution in [3.63, 3.8) is 0 Å². The Labute approximate surface area is 153 Å². The standard InChI is InChI=1S/C11H21NO5.2C2H6.CH5N.CH4O/c1-8(15)3-2-4-11(17)12-9(6-13)5-10(16)7-14;4*1-2/h9-10,13-14,16H,2-7H2,1H3,(H,12,17);2*1-2H3;2H2,1H3;2H,1H3. The summed E-state index contributed by atoms with van der Waals surface area (Å²) in [6.07, 6.45) is 0.194. The van der Waals surface area contributed by atoms with Crippen LogP contribution in [0.1, 0.15) is 60.3 Å². The summed E-state index contributed by atoms with van der Waals surface area (Å²) in [6, 6.07) is -0.568. The van der Waals surface area contributed by atoms with E-state index < -0.39 is 18.8 Å².